The largest absolute Gasteiger partial charge is 0.374 e. The van der Waals surface area contributed by atoms with Crippen molar-refractivity contribution in [2.45, 2.75) is 25.8 Å². The van der Waals surface area contributed by atoms with Crippen molar-refractivity contribution in [3.63, 3.8) is 0 Å². The molecule has 1 fully saturated rings. The number of rotatable bonds is 5. The van der Waals surface area contributed by atoms with Gasteiger partial charge in [0.25, 0.3) is 0 Å². The molecule has 0 bridgehead atoms. The van der Waals surface area contributed by atoms with Crippen molar-refractivity contribution in [3.05, 3.63) is 53.3 Å². The maximum Gasteiger partial charge on any atom is 0.246 e. The molecule has 5 nitrogen and oxygen atoms in total. The Morgan fingerprint density at radius 1 is 1.23 bits per heavy atom. The number of carbonyl (C=O) groups is 2. The first-order valence-electron chi connectivity index (χ1n) is 8.37. The standard InChI is InChI=1S/C19H19ClFN3O2/c1-12(19(26)23-17-9-4-13(21)11-16(17)20)22-14-5-7-15(8-6-14)24-10-2-3-18(24)25/h4-9,11-12,22H,2-3,10H2,1H3,(H,23,26)/t12-/m0/s1. The first-order chi connectivity index (χ1) is 12.4. The van der Waals surface area contributed by atoms with E-state index >= 15 is 0 Å². The molecule has 0 aromatic heterocycles. The van der Waals surface area contributed by atoms with Gasteiger partial charge in [0.1, 0.15) is 11.9 Å². The topological polar surface area (TPSA) is 61.4 Å². The van der Waals surface area contributed by atoms with Crippen molar-refractivity contribution in [1.29, 1.82) is 0 Å². The molecule has 136 valence electrons. The summed E-state index contributed by atoms with van der Waals surface area (Å²) in [6.45, 7) is 2.45. The van der Waals surface area contributed by atoms with E-state index in [1.807, 2.05) is 24.3 Å². The van der Waals surface area contributed by atoms with Crippen LogP contribution in [0.2, 0.25) is 5.02 Å². The van der Waals surface area contributed by atoms with Gasteiger partial charge in [0, 0.05) is 24.3 Å². The van der Waals surface area contributed by atoms with Gasteiger partial charge in [-0.3, -0.25) is 9.59 Å². The summed E-state index contributed by atoms with van der Waals surface area (Å²) in [5.41, 5.74) is 1.97. The van der Waals surface area contributed by atoms with Crippen LogP contribution in [0.5, 0.6) is 0 Å². The van der Waals surface area contributed by atoms with Crippen LogP contribution in [-0.4, -0.2) is 24.4 Å². The molecule has 2 amide bonds. The van der Waals surface area contributed by atoms with Gasteiger partial charge in [-0.05, 0) is 55.8 Å². The minimum absolute atomic E-state index is 0.134. The van der Waals surface area contributed by atoms with Gasteiger partial charge in [0.05, 0.1) is 10.7 Å². The predicted octanol–water partition coefficient (Wildman–Crippen LogP) is 4.05. The summed E-state index contributed by atoms with van der Waals surface area (Å²) in [6.07, 6.45) is 1.46. The highest BCUT2D eigenvalue weighted by molar-refractivity contribution is 6.33. The normalized spacial score (nSPS) is 15.0. The molecule has 26 heavy (non-hydrogen) atoms. The van der Waals surface area contributed by atoms with E-state index in [-0.39, 0.29) is 16.8 Å². The highest BCUT2D eigenvalue weighted by atomic mass is 35.5. The number of benzene rings is 2. The lowest BCUT2D eigenvalue weighted by Crippen LogP contribution is -2.32. The molecule has 3 rings (SSSR count). The summed E-state index contributed by atoms with van der Waals surface area (Å²) in [4.78, 5) is 25.8. The van der Waals surface area contributed by atoms with E-state index in [4.69, 9.17) is 11.6 Å². The van der Waals surface area contributed by atoms with E-state index in [9.17, 15) is 14.0 Å². The fourth-order valence-corrected chi connectivity index (χ4v) is 3.02. The minimum atomic E-state index is -0.532. The summed E-state index contributed by atoms with van der Waals surface area (Å²) >= 11 is 5.92. The number of hydrogen-bond donors (Lipinski definition) is 2. The Kier molecular flexibility index (Phi) is 5.42. The third-order valence-corrected chi connectivity index (χ3v) is 4.53. The number of anilines is 3. The van der Waals surface area contributed by atoms with E-state index in [0.29, 0.717) is 12.1 Å². The number of carbonyl (C=O) groups excluding carboxylic acids is 2. The number of halogens is 2. The molecular formula is C19H19ClFN3O2. The highest BCUT2D eigenvalue weighted by Gasteiger charge is 2.21. The summed E-state index contributed by atoms with van der Waals surface area (Å²) in [6, 6.07) is 10.6. The minimum Gasteiger partial charge on any atom is -0.374 e. The molecule has 1 aliphatic heterocycles. The Bertz CT molecular complexity index is 826. The van der Waals surface area contributed by atoms with Crippen molar-refractivity contribution >= 4 is 40.5 Å². The first-order valence-corrected chi connectivity index (χ1v) is 8.75. The zero-order valence-electron chi connectivity index (χ0n) is 14.3. The Labute approximate surface area is 156 Å². The molecular weight excluding hydrogens is 357 g/mol. The summed E-state index contributed by atoms with van der Waals surface area (Å²) in [7, 11) is 0. The molecule has 1 aliphatic rings. The Hall–Kier alpha value is -2.60. The van der Waals surface area contributed by atoms with Crippen molar-refractivity contribution < 1.29 is 14.0 Å². The second kappa shape index (κ2) is 7.74. The fraction of sp³-hybridized carbons (Fsp3) is 0.263. The third kappa shape index (κ3) is 4.14. The van der Waals surface area contributed by atoms with Gasteiger partial charge in [0.2, 0.25) is 11.8 Å². The van der Waals surface area contributed by atoms with Crippen LogP contribution in [0.3, 0.4) is 0 Å². The average Bonchev–Trinajstić information content (AvgIpc) is 3.04. The number of amides is 2. The summed E-state index contributed by atoms with van der Waals surface area (Å²) in [5.74, 6) is -0.623. The molecule has 0 saturated carbocycles. The lowest BCUT2D eigenvalue weighted by Gasteiger charge is -2.18. The Morgan fingerprint density at radius 2 is 1.96 bits per heavy atom. The van der Waals surface area contributed by atoms with E-state index in [1.165, 1.54) is 12.1 Å². The van der Waals surface area contributed by atoms with Crippen molar-refractivity contribution in [1.82, 2.24) is 0 Å². The van der Waals surface area contributed by atoms with Crippen LogP contribution < -0.4 is 15.5 Å². The second-order valence-electron chi connectivity index (χ2n) is 6.18. The van der Waals surface area contributed by atoms with E-state index in [1.54, 1.807) is 11.8 Å². The third-order valence-electron chi connectivity index (χ3n) is 4.22. The van der Waals surface area contributed by atoms with Gasteiger partial charge < -0.3 is 15.5 Å². The van der Waals surface area contributed by atoms with E-state index in [0.717, 1.165) is 30.4 Å². The van der Waals surface area contributed by atoms with Crippen LogP contribution in [0, 0.1) is 5.82 Å². The van der Waals surface area contributed by atoms with Gasteiger partial charge in [0.15, 0.2) is 0 Å². The molecule has 1 heterocycles. The highest BCUT2D eigenvalue weighted by Crippen LogP contribution is 2.24. The maximum absolute atomic E-state index is 13.1. The monoisotopic (exact) mass is 375 g/mol. The quantitative estimate of drug-likeness (QED) is 0.828. The van der Waals surface area contributed by atoms with Crippen LogP contribution in [-0.2, 0) is 9.59 Å². The van der Waals surface area contributed by atoms with Crippen LogP contribution in [0.1, 0.15) is 19.8 Å². The van der Waals surface area contributed by atoms with E-state index in [2.05, 4.69) is 10.6 Å². The average molecular weight is 376 g/mol. The van der Waals surface area contributed by atoms with Gasteiger partial charge in [-0.1, -0.05) is 11.6 Å². The van der Waals surface area contributed by atoms with E-state index < -0.39 is 11.9 Å². The molecule has 2 N–H and O–H groups in total. The van der Waals surface area contributed by atoms with Crippen molar-refractivity contribution in [3.8, 4) is 0 Å². The Morgan fingerprint density at radius 3 is 2.58 bits per heavy atom. The van der Waals surface area contributed by atoms with Crippen LogP contribution in [0.15, 0.2) is 42.5 Å². The van der Waals surface area contributed by atoms with Gasteiger partial charge in [-0.25, -0.2) is 4.39 Å². The van der Waals surface area contributed by atoms with Gasteiger partial charge in [-0.15, -0.1) is 0 Å². The molecule has 1 atom stereocenters. The lowest BCUT2D eigenvalue weighted by molar-refractivity contribution is -0.117. The number of nitrogens with one attached hydrogen (secondary N) is 2. The van der Waals surface area contributed by atoms with Crippen LogP contribution >= 0.6 is 11.6 Å². The van der Waals surface area contributed by atoms with Gasteiger partial charge in [-0.2, -0.15) is 0 Å². The summed E-state index contributed by atoms with van der Waals surface area (Å²) < 4.78 is 13.1. The molecule has 0 spiro atoms. The molecule has 2 aromatic carbocycles. The van der Waals surface area contributed by atoms with Crippen molar-refractivity contribution in [2.75, 3.05) is 22.1 Å². The molecule has 7 heteroatoms. The lowest BCUT2D eigenvalue weighted by atomic mass is 10.2. The molecule has 1 saturated heterocycles. The zero-order chi connectivity index (χ0) is 18.7. The SMILES string of the molecule is C[C@H](Nc1ccc(N2CCCC2=O)cc1)C(=O)Nc1ccc(F)cc1Cl. The number of nitrogens with zero attached hydrogens (tertiary/aromatic N) is 1. The Balaban J connectivity index is 1.61. The maximum atomic E-state index is 13.1. The smallest absolute Gasteiger partial charge is 0.246 e. The molecule has 0 aliphatic carbocycles. The van der Waals surface area contributed by atoms with Crippen LogP contribution in [0.4, 0.5) is 21.5 Å². The molecule has 0 unspecified atom stereocenters. The number of hydrogen-bond acceptors (Lipinski definition) is 3. The molecule has 0 radical (unpaired) electrons. The first kappa shape index (κ1) is 18.2. The fourth-order valence-electron chi connectivity index (χ4n) is 2.81. The van der Waals surface area contributed by atoms with Crippen molar-refractivity contribution in [2.24, 2.45) is 0 Å². The second-order valence-corrected chi connectivity index (χ2v) is 6.58. The predicted molar refractivity (Wildman–Crippen MR) is 101 cm³/mol. The summed E-state index contributed by atoms with van der Waals surface area (Å²) in [5, 5.41) is 5.90. The van der Waals surface area contributed by atoms with Crippen LogP contribution in [0.25, 0.3) is 0 Å². The molecule has 2 aromatic rings. The zero-order valence-corrected chi connectivity index (χ0v) is 15.0. The van der Waals surface area contributed by atoms with Gasteiger partial charge >= 0.3 is 0 Å².